The summed E-state index contributed by atoms with van der Waals surface area (Å²) in [5.74, 6) is 0.345. The average molecular weight is 461 g/mol. The standard InChI is InChI=1S/C15H19N5O2S.C8H17N/c1-15(2)4-9-10(7-22-15)23-13-11(9)12(21)19-14(20-13)18-8(5-16)6-17-3;1-9(2)8-6-4-3-5-7-8/h5-6H,4,7,16H2,1-3H3,(H2,18,19,20,21);8H,3-7H2,1-2H3/b8-5+,17-6?;. The van der Waals surface area contributed by atoms with E-state index in [2.05, 4.69) is 39.3 Å². The number of aromatic nitrogens is 2. The first-order valence-corrected chi connectivity index (χ1v) is 12.0. The SMILES string of the molecule is CN(C)C1CCCCC1.CN=C/C(=C\N)Nc1nc2sc3c(c2c(=O)[nH]1)CC(C)(C)OC3. The van der Waals surface area contributed by atoms with Crippen molar-refractivity contribution in [2.45, 2.75) is 70.6 Å². The van der Waals surface area contributed by atoms with E-state index in [0.717, 1.165) is 16.5 Å². The second-order valence-corrected chi connectivity index (χ2v) is 10.3. The van der Waals surface area contributed by atoms with Gasteiger partial charge >= 0.3 is 0 Å². The van der Waals surface area contributed by atoms with Crippen molar-refractivity contribution in [2.75, 3.05) is 26.5 Å². The van der Waals surface area contributed by atoms with Crippen molar-refractivity contribution in [1.82, 2.24) is 14.9 Å². The fourth-order valence-corrected chi connectivity index (χ4v) is 5.30. The van der Waals surface area contributed by atoms with Gasteiger partial charge < -0.3 is 20.7 Å². The molecule has 4 rings (SSSR count). The molecule has 4 N–H and O–H groups in total. The molecular formula is C23H36N6O2S. The molecular weight excluding hydrogens is 424 g/mol. The lowest BCUT2D eigenvalue weighted by Crippen LogP contribution is -2.31. The van der Waals surface area contributed by atoms with Crippen LogP contribution in [0.5, 0.6) is 0 Å². The number of nitrogens with two attached hydrogens (primary N) is 1. The summed E-state index contributed by atoms with van der Waals surface area (Å²) < 4.78 is 5.82. The number of rotatable bonds is 4. The number of allylic oxidation sites excluding steroid dienone is 1. The molecule has 0 amide bonds. The van der Waals surface area contributed by atoms with Crippen molar-refractivity contribution >= 4 is 33.7 Å². The van der Waals surface area contributed by atoms with E-state index in [1.807, 2.05) is 13.8 Å². The van der Waals surface area contributed by atoms with Gasteiger partial charge in [-0.05, 0) is 46.3 Å². The molecule has 1 fully saturated rings. The monoisotopic (exact) mass is 460 g/mol. The molecule has 0 saturated heterocycles. The number of hydrogen-bond acceptors (Lipinski definition) is 8. The van der Waals surface area contributed by atoms with Gasteiger partial charge in [0.2, 0.25) is 5.95 Å². The van der Waals surface area contributed by atoms with Gasteiger partial charge in [0.15, 0.2) is 0 Å². The first kappa shape index (κ1) is 24.4. The second-order valence-electron chi connectivity index (χ2n) is 9.21. The Kier molecular flexibility index (Phi) is 8.08. The minimum atomic E-state index is -0.266. The summed E-state index contributed by atoms with van der Waals surface area (Å²) in [7, 11) is 6.02. The van der Waals surface area contributed by atoms with Gasteiger partial charge in [0.05, 0.1) is 23.3 Å². The zero-order valence-corrected chi connectivity index (χ0v) is 20.6. The van der Waals surface area contributed by atoms with Crippen LogP contribution in [0, 0.1) is 0 Å². The Bertz CT molecular complexity index is 1030. The summed E-state index contributed by atoms with van der Waals surface area (Å²) in [5.41, 5.74) is 6.70. The molecule has 2 aromatic rings. The number of anilines is 1. The maximum atomic E-state index is 12.5. The Morgan fingerprint density at radius 2 is 2.06 bits per heavy atom. The van der Waals surface area contributed by atoms with Crippen LogP contribution in [-0.4, -0.2) is 53.9 Å². The number of H-pyrrole nitrogens is 1. The van der Waals surface area contributed by atoms with Crippen molar-refractivity contribution in [3.8, 4) is 0 Å². The first-order valence-electron chi connectivity index (χ1n) is 11.2. The normalized spacial score (nSPS) is 19.1. The van der Waals surface area contributed by atoms with Crippen molar-refractivity contribution in [3.63, 3.8) is 0 Å². The third-order valence-electron chi connectivity index (χ3n) is 5.96. The second kappa shape index (κ2) is 10.6. The predicted octanol–water partition coefficient (Wildman–Crippen LogP) is 3.63. The molecule has 0 unspecified atom stereocenters. The van der Waals surface area contributed by atoms with Gasteiger partial charge in [0.25, 0.3) is 5.56 Å². The number of hydrogen-bond donors (Lipinski definition) is 3. The molecule has 3 heterocycles. The van der Waals surface area contributed by atoms with Crippen molar-refractivity contribution in [1.29, 1.82) is 0 Å². The topological polar surface area (TPSA) is 109 Å². The van der Waals surface area contributed by atoms with E-state index in [4.69, 9.17) is 10.5 Å². The van der Waals surface area contributed by atoms with Gasteiger partial charge in [-0.1, -0.05) is 19.3 Å². The highest BCUT2D eigenvalue weighted by atomic mass is 32.1. The smallest absolute Gasteiger partial charge is 0.261 e. The van der Waals surface area contributed by atoms with Crippen LogP contribution in [0.25, 0.3) is 10.2 Å². The van der Waals surface area contributed by atoms with Gasteiger partial charge in [-0.3, -0.25) is 14.8 Å². The average Bonchev–Trinajstić information content (AvgIpc) is 3.11. The highest BCUT2D eigenvalue weighted by molar-refractivity contribution is 7.18. The zero-order chi connectivity index (χ0) is 23.3. The van der Waals surface area contributed by atoms with Crippen LogP contribution in [0.4, 0.5) is 5.95 Å². The molecule has 9 heteroatoms. The van der Waals surface area contributed by atoms with Gasteiger partial charge in [0.1, 0.15) is 4.83 Å². The van der Waals surface area contributed by atoms with E-state index in [0.29, 0.717) is 34.9 Å². The summed E-state index contributed by atoms with van der Waals surface area (Å²) in [6.45, 7) is 4.57. The predicted molar refractivity (Wildman–Crippen MR) is 134 cm³/mol. The quantitative estimate of drug-likeness (QED) is 0.601. The number of ether oxygens (including phenoxy) is 1. The lowest BCUT2D eigenvalue weighted by molar-refractivity contribution is -0.0379. The number of aliphatic imine (C=N–C) groups is 1. The van der Waals surface area contributed by atoms with Crippen LogP contribution < -0.4 is 16.6 Å². The van der Waals surface area contributed by atoms with E-state index >= 15 is 0 Å². The summed E-state index contributed by atoms with van der Waals surface area (Å²) in [6, 6.07) is 0.888. The molecule has 32 heavy (non-hydrogen) atoms. The maximum absolute atomic E-state index is 12.5. The zero-order valence-electron chi connectivity index (χ0n) is 19.8. The molecule has 0 atom stereocenters. The fourth-order valence-electron chi connectivity index (χ4n) is 4.20. The van der Waals surface area contributed by atoms with Crippen LogP contribution >= 0.6 is 11.3 Å². The van der Waals surface area contributed by atoms with Crippen LogP contribution in [0.15, 0.2) is 21.7 Å². The van der Waals surface area contributed by atoms with Crippen molar-refractivity contribution < 1.29 is 4.74 Å². The Labute approximate surface area is 194 Å². The molecule has 0 radical (unpaired) electrons. The first-order chi connectivity index (χ1) is 15.2. The fraction of sp³-hybridized carbons (Fsp3) is 0.609. The molecule has 1 aliphatic carbocycles. The van der Waals surface area contributed by atoms with Gasteiger partial charge in [-0.15, -0.1) is 11.3 Å². The molecule has 1 aliphatic heterocycles. The van der Waals surface area contributed by atoms with E-state index in [-0.39, 0.29) is 11.2 Å². The van der Waals surface area contributed by atoms with E-state index in [9.17, 15) is 4.79 Å². The highest BCUT2D eigenvalue weighted by Gasteiger charge is 2.30. The Morgan fingerprint density at radius 1 is 1.34 bits per heavy atom. The molecule has 2 aliphatic rings. The van der Waals surface area contributed by atoms with Crippen LogP contribution in [0.2, 0.25) is 0 Å². The van der Waals surface area contributed by atoms with Gasteiger partial charge in [-0.2, -0.15) is 0 Å². The number of nitrogens with one attached hydrogen (secondary N) is 2. The van der Waals surface area contributed by atoms with E-state index < -0.39 is 0 Å². The Balaban J connectivity index is 0.000000269. The minimum absolute atomic E-state index is 0.155. The molecule has 8 nitrogen and oxygen atoms in total. The summed E-state index contributed by atoms with van der Waals surface area (Å²) in [5, 5.41) is 3.62. The van der Waals surface area contributed by atoms with Gasteiger partial charge in [-0.25, -0.2) is 4.98 Å². The van der Waals surface area contributed by atoms with Crippen molar-refractivity contribution in [2.24, 2.45) is 10.7 Å². The maximum Gasteiger partial charge on any atom is 0.261 e. The Morgan fingerprint density at radius 3 is 2.66 bits per heavy atom. The van der Waals surface area contributed by atoms with E-state index in [1.165, 1.54) is 49.6 Å². The molecule has 2 aromatic heterocycles. The third kappa shape index (κ3) is 5.96. The minimum Gasteiger partial charge on any atom is -0.403 e. The number of aromatic amines is 1. The molecule has 0 aromatic carbocycles. The van der Waals surface area contributed by atoms with E-state index in [1.54, 1.807) is 13.3 Å². The van der Waals surface area contributed by atoms with Crippen LogP contribution in [-0.2, 0) is 17.8 Å². The van der Waals surface area contributed by atoms with Crippen molar-refractivity contribution in [3.05, 3.63) is 32.7 Å². The number of fused-ring (bicyclic) bond motifs is 3. The third-order valence-corrected chi connectivity index (χ3v) is 7.06. The summed E-state index contributed by atoms with van der Waals surface area (Å²) in [4.78, 5) is 27.8. The summed E-state index contributed by atoms with van der Waals surface area (Å²) >= 11 is 1.50. The molecule has 0 spiro atoms. The van der Waals surface area contributed by atoms with Crippen LogP contribution in [0.1, 0.15) is 56.4 Å². The highest BCUT2D eigenvalue weighted by Crippen LogP contribution is 2.36. The Hall–Kier alpha value is -2.23. The lowest BCUT2D eigenvalue weighted by Gasteiger charge is -2.29. The largest absolute Gasteiger partial charge is 0.403 e. The number of nitrogens with zero attached hydrogens (tertiary/aromatic N) is 3. The lowest BCUT2D eigenvalue weighted by atomic mass is 9.94. The molecule has 1 saturated carbocycles. The van der Waals surface area contributed by atoms with Gasteiger partial charge in [0, 0.05) is 36.8 Å². The molecule has 176 valence electrons. The molecule has 0 bridgehead atoms. The van der Waals surface area contributed by atoms with Crippen LogP contribution in [0.3, 0.4) is 0 Å². The number of thiophene rings is 1. The summed E-state index contributed by atoms with van der Waals surface area (Å²) in [6.07, 6.45) is 10.8.